The van der Waals surface area contributed by atoms with Crippen molar-refractivity contribution in [1.29, 1.82) is 0 Å². The van der Waals surface area contributed by atoms with E-state index in [2.05, 4.69) is 0 Å². The summed E-state index contributed by atoms with van der Waals surface area (Å²) in [6.45, 7) is 2.68. The Morgan fingerprint density at radius 2 is 1.00 bits per heavy atom. The monoisotopic (exact) mass is 542 g/mol. The van der Waals surface area contributed by atoms with Crippen LogP contribution in [-0.2, 0) is 48.9 Å². The van der Waals surface area contributed by atoms with E-state index in [9.17, 15) is 45.1 Å². The van der Waals surface area contributed by atoms with E-state index in [4.69, 9.17) is 9.47 Å². The van der Waals surface area contributed by atoms with Gasteiger partial charge in [0.05, 0.1) is 13.2 Å². The SMILES string of the molecule is CC1(S(=O)(=O)[O-])CC(=O)C2=C(CCCO2)C1=O.CC1(S(=O)(=O)[O-])CC(=O)C2=C(CCCO2)C1=O.[Mg+2]. The Balaban J connectivity index is 0.000000240. The zero-order valence-corrected chi connectivity index (χ0v) is 22.1. The van der Waals surface area contributed by atoms with Gasteiger partial charge in [0, 0.05) is 24.0 Å². The molecule has 0 radical (unpaired) electrons. The van der Waals surface area contributed by atoms with Gasteiger partial charge in [-0.05, 0) is 39.5 Å². The van der Waals surface area contributed by atoms with Crippen molar-refractivity contribution < 1.29 is 54.6 Å². The molecule has 0 aromatic rings. The molecule has 4 aliphatic rings. The molecule has 2 aliphatic heterocycles. The standard InChI is InChI=1S/2C10H12O6S.Mg/c2*1-10(17(13,14)15)5-7(11)8-6(9(10)12)3-2-4-16-8;/h2*2-5H2,1H3,(H,13,14,15);/q;;+2/p-2. The van der Waals surface area contributed by atoms with E-state index in [0.717, 1.165) is 13.8 Å². The molecule has 0 N–H and O–H groups in total. The third-order valence-electron chi connectivity index (χ3n) is 6.30. The van der Waals surface area contributed by atoms with Crippen LogP contribution >= 0.6 is 0 Å². The van der Waals surface area contributed by atoms with E-state index < -0.39 is 65.7 Å². The van der Waals surface area contributed by atoms with Gasteiger partial charge in [0.25, 0.3) is 0 Å². The number of Topliss-reactive ketones (excluding diaryl/α,β-unsaturated/α-hetero) is 4. The number of hydrogen-bond acceptors (Lipinski definition) is 12. The van der Waals surface area contributed by atoms with E-state index in [1.807, 2.05) is 0 Å². The van der Waals surface area contributed by atoms with Crippen molar-refractivity contribution in [3.05, 3.63) is 22.7 Å². The van der Waals surface area contributed by atoms with E-state index in [-0.39, 0.29) is 58.6 Å². The van der Waals surface area contributed by atoms with E-state index in [1.54, 1.807) is 0 Å². The van der Waals surface area contributed by atoms with E-state index >= 15 is 0 Å². The average Bonchev–Trinajstić information content (AvgIpc) is 2.75. The zero-order chi connectivity index (χ0) is 25.7. The largest absolute Gasteiger partial charge is 2.00 e. The molecule has 2 unspecified atom stereocenters. The second-order valence-electron chi connectivity index (χ2n) is 8.75. The van der Waals surface area contributed by atoms with Crippen LogP contribution in [0.4, 0.5) is 0 Å². The second kappa shape index (κ2) is 10.0. The van der Waals surface area contributed by atoms with Gasteiger partial charge in [-0.2, -0.15) is 0 Å². The van der Waals surface area contributed by atoms with Gasteiger partial charge in [0.1, 0.15) is 29.7 Å². The maximum absolute atomic E-state index is 12.0. The third kappa shape index (κ3) is 5.11. The summed E-state index contributed by atoms with van der Waals surface area (Å²) in [5, 5.41) is 0. The first-order valence-electron chi connectivity index (χ1n) is 10.3. The fourth-order valence-electron chi connectivity index (χ4n) is 4.15. The molecule has 0 spiro atoms. The van der Waals surface area contributed by atoms with Crippen LogP contribution in [0.1, 0.15) is 52.4 Å². The number of rotatable bonds is 2. The fourth-order valence-corrected chi connectivity index (χ4v) is 5.47. The Kier molecular flexibility index (Phi) is 8.46. The Labute approximate surface area is 218 Å². The first kappa shape index (κ1) is 29.6. The molecule has 2 heterocycles. The number of ketones is 4. The van der Waals surface area contributed by atoms with Crippen LogP contribution in [0.25, 0.3) is 0 Å². The van der Waals surface area contributed by atoms with Crippen LogP contribution in [0.2, 0.25) is 0 Å². The fraction of sp³-hybridized carbons (Fsp3) is 0.600. The normalized spacial score (nSPS) is 29.1. The molecule has 4 rings (SSSR count). The Morgan fingerprint density at radius 3 is 1.29 bits per heavy atom. The van der Waals surface area contributed by atoms with Gasteiger partial charge in [-0.1, -0.05) is 0 Å². The molecule has 0 bridgehead atoms. The van der Waals surface area contributed by atoms with Crippen molar-refractivity contribution in [3.8, 4) is 0 Å². The second-order valence-corrected chi connectivity index (χ2v) is 12.4. The Bertz CT molecular complexity index is 1160. The number of hydrogen-bond donors (Lipinski definition) is 0. The number of allylic oxidation sites excluding steroid dienone is 4. The van der Waals surface area contributed by atoms with Crippen molar-refractivity contribution in [2.45, 2.75) is 61.9 Å². The molecule has 0 saturated heterocycles. The van der Waals surface area contributed by atoms with Crippen LogP contribution in [0.3, 0.4) is 0 Å². The summed E-state index contributed by atoms with van der Waals surface area (Å²) in [6, 6.07) is 0. The Hall–Kier alpha value is -1.65. The number of ether oxygens (including phenoxy) is 2. The van der Waals surface area contributed by atoms with Crippen LogP contribution in [0.15, 0.2) is 22.7 Å². The van der Waals surface area contributed by atoms with Crippen LogP contribution in [-0.4, -0.2) is 94.8 Å². The van der Waals surface area contributed by atoms with Crippen LogP contribution in [0, 0.1) is 0 Å². The van der Waals surface area contributed by atoms with Gasteiger partial charge in [0.15, 0.2) is 34.7 Å². The van der Waals surface area contributed by atoms with Crippen LogP contribution in [0.5, 0.6) is 0 Å². The molecule has 12 nitrogen and oxygen atoms in total. The minimum absolute atomic E-state index is 0. The summed E-state index contributed by atoms with van der Waals surface area (Å²) >= 11 is 0. The first-order chi connectivity index (χ1) is 15.5. The van der Waals surface area contributed by atoms with Gasteiger partial charge in [-0.25, -0.2) is 16.8 Å². The van der Waals surface area contributed by atoms with E-state index in [0.29, 0.717) is 26.1 Å². The first-order valence-corrected chi connectivity index (χ1v) is 13.1. The topological polar surface area (TPSA) is 201 Å². The van der Waals surface area contributed by atoms with Crippen molar-refractivity contribution in [1.82, 2.24) is 0 Å². The van der Waals surface area contributed by atoms with Gasteiger partial charge < -0.3 is 18.6 Å². The number of carbonyl (C=O) groups excluding carboxylic acids is 4. The van der Waals surface area contributed by atoms with Gasteiger partial charge >= 0.3 is 23.1 Å². The predicted octanol–water partition coefficient (Wildman–Crippen LogP) is -0.587. The summed E-state index contributed by atoms with van der Waals surface area (Å²) in [7, 11) is -9.74. The molecule has 0 fully saturated rings. The molecule has 2 aliphatic carbocycles. The molecular weight excluding hydrogens is 521 g/mol. The summed E-state index contributed by atoms with van der Waals surface area (Å²) in [5.41, 5.74) is 0.101. The number of carbonyl (C=O) groups is 4. The molecule has 35 heavy (non-hydrogen) atoms. The van der Waals surface area contributed by atoms with E-state index in [1.165, 1.54) is 0 Å². The minimum Gasteiger partial charge on any atom is -0.747 e. The third-order valence-corrected chi connectivity index (χ3v) is 9.16. The predicted molar refractivity (Wildman–Crippen MR) is 116 cm³/mol. The maximum Gasteiger partial charge on any atom is 2.00 e. The minimum atomic E-state index is -4.87. The summed E-state index contributed by atoms with van der Waals surface area (Å²) in [6.07, 6.45) is 0.378. The molecule has 15 heteroatoms. The van der Waals surface area contributed by atoms with Crippen LogP contribution < -0.4 is 0 Å². The molecule has 2 atom stereocenters. The average molecular weight is 543 g/mol. The molecule has 0 aromatic carbocycles. The Morgan fingerprint density at radius 1 is 0.686 bits per heavy atom. The molecule has 0 amide bonds. The molecule has 188 valence electrons. The van der Waals surface area contributed by atoms with Crippen molar-refractivity contribution in [3.63, 3.8) is 0 Å². The van der Waals surface area contributed by atoms with Gasteiger partial charge in [-0.3, -0.25) is 19.2 Å². The summed E-state index contributed by atoms with van der Waals surface area (Å²) in [5.74, 6) is -2.85. The van der Waals surface area contributed by atoms with Crippen molar-refractivity contribution >= 4 is 66.4 Å². The molecule has 0 saturated carbocycles. The van der Waals surface area contributed by atoms with Gasteiger partial charge in [-0.15, -0.1) is 0 Å². The van der Waals surface area contributed by atoms with Gasteiger partial charge in [0.2, 0.25) is 0 Å². The van der Waals surface area contributed by atoms with Crippen molar-refractivity contribution in [2.75, 3.05) is 13.2 Å². The molecule has 0 aromatic heterocycles. The quantitative estimate of drug-likeness (QED) is 0.317. The van der Waals surface area contributed by atoms with Crippen molar-refractivity contribution in [2.24, 2.45) is 0 Å². The summed E-state index contributed by atoms with van der Waals surface area (Å²) in [4.78, 5) is 47.4. The zero-order valence-electron chi connectivity index (χ0n) is 19.1. The maximum atomic E-state index is 12.0. The smallest absolute Gasteiger partial charge is 0.747 e. The molecular formula is C20H22MgO12S2. The summed E-state index contributed by atoms with van der Waals surface area (Å²) < 4.78 is 72.7.